The minimum Gasteiger partial charge on any atom is -0.467 e. The Morgan fingerprint density at radius 3 is 2.96 bits per heavy atom. The van der Waals surface area contributed by atoms with Gasteiger partial charge in [0.05, 0.1) is 21.7 Å². The van der Waals surface area contributed by atoms with Crippen LogP contribution in [-0.2, 0) is 17.9 Å². The van der Waals surface area contributed by atoms with Gasteiger partial charge in [-0.25, -0.2) is 4.68 Å². The Balaban J connectivity index is 1.40. The maximum atomic E-state index is 12.3. The third-order valence-electron chi connectivity index (χ3n) is 3.64. The lowest BCUT2D eigenvalue weighted by Gasteiger charge is -2.08. The fourth-order valence-corrected chi connectivity index (χ4v) is 3.49. The van der Waals surface area contributed by atoms with E-state index in [4.69, 9.17) is 16.0 Å². The highest BCUT2D eigenvalue weighted by Gasteiger charge is 2.11. The van der Waals surface area contributed by atoms with Crippen molar-refractivity contribution in [3.8, 4) is 10.6 Å². The lowest BCUT2D eigenvalue weighted by atomic mass is 10.3. The van der Waals surface area contributed by atoms with Crippen LogP contribution in [0.1, 0.15) is 5.76 Å². The number of hydrogen-bond acceptors (Lipinski definition) is 5. The average Bonchev–Trinajstić information content (AvgIpc) is 3.37. The molecule has 132 valence electrons. The summed E-state index contributed by atoms with van der Waals surface area (Å²) in [6, 6.07) is 11.0. The number of carbonyl (C=O) groups is 1. The Kier molecular flexibility index (Phi) is 4.59. The van der Waals surface area contributed by atoms with Gasteiger partial charge in [0.2, 0.25) is 5.91 Å². The van der Waals surface area contributed by atoms with E-state index in [0.29, 0.717) is 16.7 Å². The number of nitrogens with zero attached hydrogens (tertiary/aromatic N) is 4. The topological polar surface area (TPSA) is 77.9 Å². The average molecular weight is 388 g/mol. The lowest BCUT2D eigenvalue weighted by Crippen LogP contribution is -2.21. The molecule has 0 aliphatic carbocycles. The molecule has 0 saturated heterocycles. The van der Waals surface area contributed by atoms with E-state index in [2.05, 4.69) is 15.5 Å². The van der Waals surface area contributed by atoms with Gasteiger partial charge in [0.15, 0.2) is 0 Å². The second-order valence-corrected chi connectivity index (χ2v) is 7.22. The van der Waals surface area contributed by atoms with Crippen molar-refractivity contribution in [2.75, 3.05) is 5.32 Å². The van der Waals surface area contributed by atoms with Gasteiger partial charge in [-0.2, -0.15) is 10.2 Å². The predicted molar refractivity (Wildman–Crippen MR) is 99.2 cm³/mol. The summed E-state index contributed by atoms with van der Waals surface area (Å²) >= 11 is 7.40. The summed E-state index contributed by atoms with van der Waals surface area (Å²) < 4.78 is 9.27. The van der Waals surface area contributed by atoms with Crippen molar-refractivity contribution in [2.45, 2.75) is 13.1 Å². The molecular formula is C17H14ClN5O2S. The molecule has 0 saturated carbocycles. The largest absolute Gasteiger partial charge is 0.467 e. The second-order valence-electron chi connectivity index (χ2n) is 5.50. The monoisotopic (exact) mass is 387 g/mol. The molecule has 0 aromatic carbocycles. The van der Waals surface area contributed by atoms with Gasteiger partial charge < -0.3 is 9.73 Å². The molecule has 4 aromatic rings. The van der Waals surface area contributed by atoms with Crippen LogP contribution in [-0.4, -0.2) is 25.5 Å². The molecule has 1 amide bonds. The lowest BCUT2D eigenvalue weighted by molar-refractivity contribution is -0.116. The molecule has 0 bridgehead atoms. The minimum absolute atomic E-state index is 0.102. The van der Waals surface area contributed by atoms with E-state index in [9.17, 15) is 4.79 Å². The van der Waals surface area contributed by atoms with Crippen LogP contribution in [0.15, 0.2) is 59.5 Å². The summed E-state index contributed by atoms with van der Waals surface area (Å²) in [4.78, 5) is 13.3. The van der Waals surface area contributed by atoms with E-state index in [0.717, 1.165) is 16.3 Å². The van der Waals surface area contributed by atoms with E-state index in [-0.39, 0.29) is 12.5 Å². The standard InChI is InChI=1S/C17H14ClN5O2S/c18-15-4-3-14(26-15)13-6-8-22(21-13)11-17(24)20-16-5-7-19-23(16)10-12-2-1-9-25-12/h1-9H,10-11H2,(H,20,24). The fourth-order valence-electron chi connectivity index (χ4n) is 2.48. The Morgan fingerprint density at radius 2 is 2.19 bits per heavy atom. The Labute approximate surface area is 157 Å². The molecular weight excluding hydrogens is 374 g/mol. The van der Waals surface area contributed by atoms with Crippen molar-refractivity contribution in [3.05, 3.63) is 65.2 Å². The van der Waals surface area contributed by atoms with Crippen LogP contribution in [0.2, 0.25) is 4.34 Å². The molecule has 0 radical (unpaired) electrons. The molecule has 7 nitrogen and oxygen atoms in total. The van der Waals surface area contributed by atoms with Crippen molar-refractivity contribution in [1.29, 1.82) is 0 Å². The van der Waals surface area contributed by atoms with Gasteiger partial charge >= 0.3 is 0 Å². The first kappa shape index (κ1) is 16.6. The molecule has 0 unspecified atom stereocenters. The molecule has 0 spiro atoms. The number of halogens is 1. The number of aromatic nitrogens is 4. The summed E-state index contributed by atoms with van der Waals surface area (Å²) in [7, 11) is 0. The van der Waals surface area contributed by atoms with Crippen molar-refractivity contribution < 1.29 is 9.21 Å². The molecule has 1 N–H and O–H groups in total. The number of carbonyl (C=O) groups excluding carboxylic acids is 1. The maximum Gasteiger partial charge on any atom is 0.247 e. The quantitative estimate of drug-likeness (QED) is 0.546. The molecule has 4 aromatic heterocycles. The van der Waals surface area contributed by atoms with E-state index in [1.807, 2.05) is 30.3 Å². The van der Waals surface area contributed by atoms with Crippen molar-refractivity contribution >= 4 is 34.7 Å². The van der Waals surface area contributed by atoms with Crippen molar-refractivity contribution in [2.24, 2.45) is 0 Å². The molecule has 0 aliphatic heterocycles. The highest BCUT2D eigenvalue weighted by molar-refractivity contribution is 7.19. The zero-order valence-electron chi connectivity index (χ0n) is 13.5. The number of thiophene rings is 1. The van der Waals surface area contributed by atoms with Crippen LogP contribution in [0.3, 0.4) is 0 Å². The fraction of sp³-hybridized carbons (Fsp3) is 0.118. The first-order valence-electron chi connectivity index (χ1n) is 7.80. The molecule has 0 aliphatic rings. The highest BCUT2D eigenvalue weighted by atomic mass is 35.5. The second kappa shape index (κ2) is 7.19. The van der Waals surface area contributed by atoms with Crippen LogP contribution < -0.4 is 5.32 Å². The van der Waals surface area contributed by atoms with Gasteiger partial charge in [0.25, 0.3) is 0 Å². The summed E-state index contributed by atoms with van der Waals surface area (Å²) in [5.41, 5.74) is 0.789. The third kappa shape index (κ3) is 3.71. The van der Waals surface area contributed by atoms with Crippen LogP contribution >= 0.6 is 22.9 Å². The van der Waals surface area contributed by atoms with Crippen LogP contribution in [0.5, 0.6) is 0 Å². The van der Waals surface area contributed by atoms with Gasteiger partial charge in [-0.1, -0.05) is 11.6 Å². The third-order valence-corrected chi connectivity index (χ3v) is 4.90. The highest BCUT2D eigenvalue weighted by Crippen LogP contribution is 2.29. The summed E-state index contributed by atoms with van der Waals surface area (Å²) in [5.74, 6) is 1.17. The SMILES string of the molecule is O=C(Cn1ccc(-c2ccc(Cl)s2)n1)Nc1ccnn1Cc1ccco1. The number of hydrogen-bond donors (Lipinski definition) is 1. The number of rotatable bonds is 6. The molecule has 4 rings (SSSR count). The van der Waals surface area contributed by atoms with Gasteiger partial charge in [0, 0.05) is 12.3 Å². The molecule has 26 heavy (non-hydrogen) atoms. The smallest absolute Gasteiger partial charge is 0.247 e. The number of amides is 1. The minimum atomic E-state index is -0.190. The van der Waals surface area contributed by atoms with Gasteiger partial charge in [-0.3, -0.25) is 9.48 Å². The Bertz CT molecular complexity index is 1020. The first-order chi connectivity index (χ1) is 12.7. The molecule has 4 heterocycles. The van der Waals surface area contributed by atoms with E-state index >= 15 is 0 Å². The molecule has 0 fully saturated rings. The zero-order chi connectivity index (χ0) is 17.9. The number of anilines is 1. The summed E-state index contributed by atoms with van der Waals surface area (Å²) in [6.07, 6.45) is 5.00. The van der Waals surface area contributed by atoms with Gasteiger partial charge in [0.1, 0.15) is 30.4 Å². The number of nitrogens with one attached hydrogen (secondary N) is 1. The summed E-state index contributed by atoms with van der Waals surface area (Å²) in [5, 5.41) is 11.5. The van der Waals surface area contributed by atoms with E-state index in [1.165, 1.54) is 11.3 Å². The first-order valence-corrected chi connectivity index (χ1v) is 9.00. The maximum absolute atomic E-state index is 12.3. The van der Waals surface area contributed by atoms with Crippen LogP contribution in [0, 0.1) is 0 Å². The van der Waals surface area contributed by atoms with Crippen molar-refractivity contribution in [3.63, 3.8) is 0 Å². The van der Waals surface area contributed by atoms with E-state index in [1.54, 1.807) is 34.1 Å². The van der Waals surface area contributed by atoms with Gasteiger partial charge in [-0.05, 0) is 30.3 Å². The van der Waals surface area contributed by atoms with Crippen molar-refractivity contribution in [1.82, 2.24) is 19.6 Å². The normalized spacial score (nSPS) is 11.0. The van der Waals surface area contributed by atoms with Crippen LogP contribution in [0.4, 0.5) is 5.82 Å². The van der Waals surface area contributed by atoms with Crippen LogP contribution in [0.25, 0.3) is 10.6 Å². The molecule has 0 atom stereocenters. The predicted octanol–water partition coefficient (Wildman–Crippen LogP) is 3.74. The summed E-state index contributed by atoms with van der Waals surface area (Å²) in [6.45, 7) is 0.547. The zero-order valence-corrected chi connectivity index (χ0v) is 15.1. The van der Waals surface area contributed by atoms with Gasteiger partial charge in [-0.15, -0.1) is 11.3 Å². The number of furan rings is 1. The van der Waals surface area contributed by atoms with E-state index < -0.39 is 0 Å². The Morgan fingerprint density at radius 1 is 1.27 bits per heavy atom. The Hall–Kier alpha value is -2.84. The molecule has 9 heteroatoms.